The van der Waals surface area contributed by atoms with Crippen molar-refractivity contribution in [3.8, 4) is 0 Å². The van der Waals surface area contributed by atoms with Gasteiger partial charge in [0.2, 0.25) is 0 Å². The van der Waals surface area contributed by atoms with E-state index in [9.17, 15) is 4.79 Å². The van der Waals surface area contributed by atoms with Crippen LogP contribution in [-0.2, 0) is 10.7 Å². The lowest BCUT2D eigenvalue weighted by Crippen LogP contribution is -2.03. The third-order valence-electron chi connectivity index (χ3n) is 1.88. The Morgan fingerprint density at radius 1 is 1.57 bits per heavy atom. The van der Waals surface area contributed by atoms with Crippen molar-refractivity contribution >= 4 is 49.2 Å². The number of ketones is 1. The summed E-state index contributed by atoms with van der Waals surface area (Å²) < 4.78 is 0.972. The van der Waals surface area contributed by atoms with Crippen molar-refractivity contribution in [1.29, 1.82) is 0 Å². The van der Waals surface area contributed by atoms with E-state index in [4.69, 9.17) is 11.6 Å². The van der Waals surface area contributed by atoms with Gasteiger partial charge in [-0.25, -0.2) is 0 Å². The number of hydrogen-bond donors (Lipinski definition) is 0. The molecule has 0 bridgehead atoms. The monoisotopic (exact) mass is 338 g/mol. The summed E-state index contributed by atoms with van der Waals surface area (Å²) in [7, 11) is 0. The van der Waals surface area contributed by atoms with E-state index in [1.807, 2.05) is 18.2 Å². The summed E-state index contributed by atoms with van der Waals surface area (Å²) in [6.07, 6.45) is 0. The van der Waals surface area contributed by atoms with Gasteiger partial charge in [0.1, 0.15) is 5.78 Å². The highest BCUT2D eigenvalue weighted by Gasteiger charge is 2.15. The van der Waals surface area contributed by atoms with Gasteiger partial charge in [0.25, 0.3) is 0 Å². The lowest BCUT2D eigenvalue weighted by atomic mass is 10.0. The van der Waals surface area contributed by atoms with Crippen LogP contribution in [0.3, 0.4) is 0 Å². The SMILES string of the molecule is CC(=O)C(Br)c1ccc(Br)cc1CCl. The fourth-order valence-electron chi connectivity index (χ4n) is 1.16. The first-order chi connectivity index (χ1) is 6.56. The van der Waals surface area contributed by atoms with Crippen LogP contribution in [0.15, 0.2) is 22.7 Å². The van der Waals surface area contributed by atoms with Crippen LogP contribution in [0.4, 0.5) is 0 Å². The van der Waals surface area contributed by atoms with Crippen molar-refractivity contribution in [2.24, 2.45) is 0 Å². The average Bonchev–Trinajstić information content (AvgIpc) is 2.16. The Kier molecular flexibility index (Phi) is 4.61. The normalized spacial score (nSPS) is 12.6. The van der Waals surface area contributed by atoms with Crippen molar-refractivity contribution in [3.63, 3.8) is 0 Å². The lowest BCUT2D eigenvalue weighted by molar-refractivity contribution is -0.116. The Hall–Kier alpha value is 0.140. The van der Waals surface area contributed by atoms with Crippen LogP contribution in [0.5, 0.6) is 0 Å². The lowest BCUT2D eigenvalue weighted by Gasteiger charge is -2.11. The van der Waals surface area contributed by atoms with Gasteiger partial charge in [0, 0.05) is 10.4 Å². The van der Waals surface area contributed by atoms with Crippen LogP contribution < -0.4 is 0 Å². The average molecular weight is 340 g/mol. The zero-order valence-corrected chi connectivity index (χ0v) is 11.5. The first-order valence-electron chi connectivity index (χ1n) is 4.05. The number of benzene rings is 1. The third-order valence-corrected chi connectivity index (χ3v) is 3.80. The largest absolute Gasteiger partial charge is 0.298 e. The maximum absolute atomic E-state index is 11.2. The second-order valence-electron chi connectivity index (χ2n) is 2.95. The molecule has 1 aromatic rings. The van der Waals surface area contributed by atoms with Crippen LogP contribution in [0.25, 0.3) is 0 Å². The molecule has 0 aliphatic heterocycles. The molecule has 0 aliphatic rings. The summed E-state index contributed by atoms with van der Waals surface area (Å²) in [6.45, 7) is 1.56. The number of carbonyl (C=O) groups is 1. The summed E-state index contributed by atoms with van der Waals surface area (Å²) in [4.78, 5) is 10.9. The molecule has 0 spiro atoms. The maximum atomic E-state index is 11.2. The molecule has 1 atom stereocenters. The Bertz CT molecular complexity index is 352. The minimum absolute atomic E-state index is 0.0821. The Labute approximate surface area is 105 Å². The van der Waals surface area contributed by atoms with E-state index in [1.54, 1.807) is 6.92 Å². The number of halogens is 3. The first kappa shape index (κ1) is 12.2. The fraction of sp³-hybridized carbons (Fsp3) is 0.300. The first-order valence-corrected chi connectivity index (χ1v) is 6.29. The number of alkyl halides is 2. The zero-order chi connectivity index (χ0) is 10.7. The molecule has 0 heterocycles. The molecule has 0 aliphatic carbocycles. The van der Waals surface area contributed by atoms with E-state index in [1.165, 1.54) is 0 Å². The van der Waals surface area contributed by atoms with Crippen LogP contribution >= 0.6 is 43.5 Å². The number of rotatable bonds is 3. The van der Waals surface area contributed by atoms with E-state index in [0.717, 1.165) is 15.6 Å². The zero-order valence-electron chi connectivity index (χ0n) is 7.56. The van der Waals surface area contributed by atoms with Crippen LogP contribution in [0.2, 0.25) is 0 Å². The second-order valence-corrected chi connectivity index (χ2v) is 5.05. The van der Waals surface area contributed by atoms with Crippen molar-refractivity contribution in [1.82, 2.24) is 0 Å². The molecule has 4 heteroatoms. The van der Waals surface area contributed by atoms with Crippen LogP contribution in [0, 0.1) is 0 Å². The third kappa shape index (κ3) is 2.81. The van der Waals surface area contributed by atoms with E-state index in [0.29, 0.717) is 5.88 Å². The van der Waals surface area contributed by atoms with Gasteiger partial charge < -0.3 is 0 Å². The van der Waals surface area contributed by atoms with Crippen molar-refractivity contribution in [2.75, 3.05) is 0 Å². The van der Waals surface area contributed by atoms with Crippen LogP contribution in [0.1, 0.15) is 22.9 Å². The Balaban J connectivity index is 3.13. The van der Waals surface area contributed by atoms with Gasteiger partial charge in [-0.05, 0) is 30.2 Å². The molecule has 0 N–H and O–H groups in total. The molecule has 0 saturated heterocycles. The van der Waals surface area contributed by atoms with Gasteiger partial charge in [-0.3, -0.25) is 4.79 Å². The highest BCUT2D eigenvalue weighted by Crippen LogP contribution is 2.29. The molecule has 0 fully saturated rings. The van der Waals surface area contributed by atoms with Gasteiger partial charge in [0.05, 0.1) is 4.83 Å². The van der Waals surface area contributed by atoms with E-state index >= 15 is 0 Å². The highest BCUT2D eigenvalue weighted by atomic mass is 79.9. The van der Waals surface area contributed by atoms with Gasteiger partial charge >= 0.3 is 0 Å². The molecule has 76 valence electrons. The summed E-state index contributed by atoms with van der Waals surface area (Å²) in [5.74, 6) is 0.489. The van der Waals surface area contributed by atoms with Crippen molar-refractivity contribution < 1.29 is 4.79 Å². The molecule has 1 rings (SSSR count). The molecule has 0 aromatic heterocycles. The second kappa shape index (κ2) is 5.29. The molecule has 0 radical (unpaired) electrons. The maximum Gasteiger partial charge on any atom is 0.147 e. The molecule has 1 aromatic carbocycles. The quantitative estimate of drug-likeness (QED) is 0.753. The van der Waals surface area contributed by atoms with E-state index in [-0.39, 0.29) is 10.6 Å². The van der Waals surface area contributed by atoms with Gasteiger partial charge in [-0.15, -0.1) is 11.6 Å². The minimum Gasteiger partial charge on any atom is -0.298 e. The Morgan fingerprint density at radius 3 is 2.71 bits per heavy atom. The summed E-state index contributed by atoms with van der Waals surface area (Å²) >= 11 is 12.5. The number of hydrogen-bond acceptors (Lipinski definition) is 1. The molecule has 0 saturated carbocycles. The molecule has 1 nitrogen and oxygen atoms in total. The summed E-state index contributed by atoms with van der Waals surface area (Å²) in [6, 6.07) is 5.74. The minimum atomic E-state index is -0.260. The van der Waals surface area contributed by atoms with Crippen molar-refractivity contribution in [2.45, 2.75) is 17.6 Å². The summed E-state index contributed by atoms with van der Waals surface area (Å²) in [5, 5.41) is 0. The van der Waals surface area contributed by atoms with E-state index < -0.39 is 0 Å². The highest BCUT2D eigenvalue weighted by molar-refractivity contribution is 9.10. The molecule has 14 heavy (non-hydrogen) atoms. The summed E-state index contributed by atoms with van der Waals surface area (Å²) in [5.41, 5.74) is 1.91. The van der Waals surface area contributed by atoms with Gasteiger partial charge in [0.15, 0.2) is 0 Å². The van der Waals surface area contributed by atoms with E-state index in [2.05, 4.69) is 31.9 Å². The number of carbonyl (C=O) groups excluding carboxylic acids is 1. The molecular weight excluding hydrogens is 331 g/mol. The fourth-order valence-corrected chi connectivity index (χ4v) is 2.24. The standard InChI is InChI=1S/C10H9Br2ClO/c1-6(14)10(12)9-3-2-8(11)4-7(9)5-13/h2-4,10H,5H2,1H3. The molecule has 1 unspecified atom stereocenters. The van der Waals surface area contributed by atoms with Gasteiger partial charge in [-0.2, -0.15) is 0 Å². The Morgan fingerprint density at radius 2 is 2.21 bits per heavy atom. The molecular formula is C10H9Br2ClO. The smallest absolute Gasteiger partial charge is 0.147 e. The van der Waals surface area contributed by atoms with Crippen LogP contribution in [-0.4, -0.2) is 5.78 Å². The molecule has 0 amide bonds. The number of Topliss-reactive ketones (excluding diaryl/α,β-unsaturated/α-hetero) is 1. The predicted molar refractivity (Wildman–Crippen MR) is 66.0 cm³/mol. The van der Waals surface area contributed by atoms with Gasteiger partial charge in [-0.1, -0.05) is 37.9 Å². The predicted octanol–water partition coefficient (Wildman–Crippen LogP) is 4.21. The van der Waals surface area contributed by atoms with Crippen molar-refractivity contribution in [3.05, 3.63) is 33.8 Å². The topological polar surface area (TPSA) is 17.1 Å².